The number of benzene rings is 2. The molecule has 0 saturated carbocycles. The number of nitrogens with zero attached hydrogens (tertiary/aromatic N) is 2. The number of carbonyl (C=O) groups excluding carboxylic acids is 1. The zero-order valence-electron chi connectivity index (χ0n) is 15.6. The topological polar surface area (TPSA) is 77.4 Å². The van der Waals surface area contributed by atoms with Gasteiger partial charge in [0.25, 0.3) is 0 Å². The van der Waals surface area contributed by atoms with Gasteiger partial charge in [0, 0.05) is 24.6 Å². The van der Waals surface area contributed by atoms with Crippen LogP contribution >= 0.6 is 11.6 Å². The number of ether oxygens (including phenoxy) is 2. The molecule has 0 aliphatic carbocycles. The van der Waals surface area contributed by atoms with Gasteiger partial charge in [0.1, 0.15) is 0 Å². The Balaban J connectivity index is 1.53. The second-order valence-electron chi connectivity index (χ2n) is 5.94. The third-order valence-corrected chi connectivity index (χ3v) is 4.41. The van der Waals surface area contributed by atoms with Crippen molar-refractivity contribution in [1.82, 2.24) is 15.1 Å². The van der Waals surface area contributed by atoms with E-state index in [2.05, 4.69) is 15.7 Å². The first-order chi connectivity index (χ1) is 13.6. The number of carbonyl (C=O) groups is 1. The van der Waals surface area contributed by atoms with Crippen molar-refractivity contribution in [3.05, 3.63) is 65.4 Å². The summed E-state index contributed by atoms with van der Waals surface area (Å²) in [5.74, 6) is 1.34. The van der Waals surface area contributed by atoms with E-state index >= 15 is 0 Å². The van der Waals surface area contributed by atoms with Gasteiger partial charge in [-0.25, -0.2) is 9.48 Å². The van der Waals surface area contributed by atoms with E-state index in [4.69, 9.17) is 21.1 Å². The highest BCUT2D eigenvalue weighted by atomic mass is 35.5. The molecule has 0 bridgehead atoms. The minimum absolute atomic E-state index is 0.302. The molecule has 2 amide bonds. The number of urea groups is 1. The molecule has 0 unspecified atom stereocenters. The largest absolute Gasteiger partial charge is 0.493 e. The maximum atomic E-state index is 12.1. The number of nitrogens with one attached hydrogen (secondary N) is 2. The van der Waals surface area contributed by atoms with E-state index in [1.807, 2.05) is 24.3 Å². The molecule has 1 heterocycles. The van der Waals surface area contributed by atoms with Crippen molar-refractivity contribution in [3.8, 4) is 17.2 Å². The van der Waals surface area contributed by atoms with E-state index < -0.39 is 0 Å². The zero-order valence-corrected chi connectivity index (χ0v) is 16.4. The Bertz CT molecular complexity index is 945. The standard InChI is InChI=1S/C20H21ClN4O3/c1-27-18-7-4-14(12-19(18)28-2)8-10-22-20(26)24-15-5-6-17(16(21)13-15)25-11-3-9-23-25/h3-7,9,11-13H,8,10H2,1-2H3,(H2,22,24,26). The van der Waals surface area contributed by atoms with E-state index in [9.17, 15) is 4.79 Å². The van der Waals surface area contributed by atoms with Gasteiger partial charge in [0.05, 0.1) is 24.9 Å². The van der Waals surface area contributed by atoms with Crippen LogP contribution in [0.5, 0.6) is 11.5 Å². The van der Waals surface area contributed by atoms with Crippen LogP contribution in [-0.2, 0) is 6.42 Å². The second kappa shape index (κ2) is 9.14. The predicted octanol–water partition coefficient (Wildman–Crippen LogP) is 3.91. The van der Waals surface area contributed by atoms with Crippen LogP contribution in [0.25, 0.3) is 5.69 Å². The molecule has 3 aromatic rings. The molecule has 2 N–H and O–H groups in total. The lowest BCUT2D eigenvalue weighted by atomic mass is 10.1. The lowest BCUT2D eigenvalue weighted by molar-refractivity contribution is 0.252. The van der Waals surface area contributed by atoms with Gasteiger partial charge in [0.15, 0.2) is 11.5 Å². The van der Waals surface area contributed by atoms with Gasteiger partial charge in [-0.15, -0.1) is 0 Å². The van der Waals surface area contributed by atoms with Gasteiger partial charge in [-0.2, -0.15) is 5.10 Å². The van der Waals surface area contributed by atoms with Gasteiger partial charge in [-0.1, -0.05) is 17.7 Å². The number of aromatic nitrogens is 2. The average molecular weight is 401 g/mol. The van der Waals surface area contributed by atoms with Crippen LogP contribution in [0.1, 0.15) is 5.56 Å². The lowest BCUT2D eigenvalue weighted by Crippen LogP contribution is -2.30. The summed E-state index contributed by atoms with van der Waals surface area (Å²) in [6.07, 6.45) is 4.14. The number of methoxy groups -OCH3 is 2. The molecule has 1 aromatic heterocycles. The Labute approximate surface area is 168 Å². The predicted molar refractivity (Wildman–Crippen MR) is 109 cm³/mol. The van der Waals surface area contributed by atoms with Crippen molar-refractivity contribution < 1.29 is 14.3 Å². The molecule has 0 spiro atoms. The molecule has 0 aliphatic heterocycles. The van der Waals surface area contributed by atoms with Crippen molar-refractivity contribution in [2.75, 3.05) is 26.1 Å². The normalized spacial score (nSPS) is 10.4. The first-order valence-corrected chi connectivity index (χ1v) is 9.04. The number of hydrogen-bond acceptors (Lipinski definition) is 4. The third kappa shape index (κ3) is 4.75. The summed E-state index contributed by atoms with van der Waals surface area (Å²) < 4.78 is 12.2. The summed E-state index contributed by atoms with van der Waals surface area (Å²) in [6, 6.07) is 12.5. The Kier molecular flexibility index (Phi) is 6.39. The highest BCUT2D eigenvalue weighted by molar-refractivity contribution is 6.32. The van der Waals surface area contributed by atoms with E-state index in [0.29, 0.717) is 35.2 Å². The molecule has 0 saturated heterocycles. The summed E-state index contributed by atoms with van der Waals surface area (Å²) in [5.41, 5.74) is 2.38. The zero-order chi connectivity index (χ0) is 19.9. The first kappa shape index (κ1) is 19.6. The smallest absolute Gasteiger partial charge is 0.319 e. The molecular weight excluding hydrogens is 380 g/mol. The van der Waals surface area contributed by atoms with Crippen LogP contribution in [0.3, 0.4) is 0 Å². The molecule has 146 valence electrons. The number of rotatable bonds is 7. The molecule has 0 aliphatic rings. The molecule has 0 radical (unpaired) electrons. The summed E-state index contributed by atoms with van der Waals surface area (Å²) in [5, 5.41) is 10.2. The van der Waals surface area contributed by atoms with E-state index in [-0.39, 0.29) is 6.03 Å². The highest BCUT2D eigenvalue weighted by Crippen LogP contribution is 2.27. The van der Waals surface area contributed by atoms with E-state index in [1.165, 1.54) is 0 Å². The van der Waals surface area contributed by atoms with Crippen LogP contribution in [0.15, 0.2) is 54.9 Å². The Hall–Kier alpha value is -3.19. The Morgan fingerprint density at radius 1 is 1.14 bits per heavy atom. The average Bonchev–Trinajstić information content (AvgIpc) is 3.22. The fourth-order valence-corrected chi connectivity index (χ4v) is 2.98. The third-order valence-electron chi connectivity index (χ3n) is 4.10. The molecule has 0 atom stereocenters. The summed E-state index contributed by atoms with van der Waals surface area (Å²) in [4.78, 5) is 12.1. The second-order valence-corrected chi connectivity index (χ2v) is 6.34. The van der Waals surface area contributed by atoms with Crippen LogP contribution < -0.4 is 20.1 Å². The van der Waals surface area contributed by atoms with E-state index in [0.717, 1.165) is 11.3 Å². The van der Waals surface area contributed by atoms with Crippen LogP contribution in [0, 0.1) is 0 Å². The number of anilines is 1. The molecular formula is C20H21ClN4O3. The fourth-order valence-electron chi connectivity index (χ4n) is 2.71. The molecule has 7 nitrogen and oxygen atoms in total. The maximum absolute atomic E-state index is 12.1. The molecule has 3 rings (SSSR count). The van der Waals surface area contributed by atoms with Gasteiger partial charge in [0.2, 0.25) is 0 Å². The highest BCUT2D eigenvalue weighted by Gasteiger charge is 2.08. The summed E-state index contributed by atoms with van der Waals surface area (Å²) >= 11 is 6.29. The lowest BCUT2D eigenvalue weighted by Gasteiger charge is -2.11. The minimum atomic E-state index is -0.302. The van der Waals surface area contributed by atoms with Crippen molar-refractivity contribution in [2.24, 2.45) is 0 Å². The SMILES string of the molecule is COc1ccc(CCNC(=O)Nc2ccc(-n3cccn3)c(Cl)c2)cc1OC. The number of hydrogen-bond donors (Lipinski definition) is 2. The van der Waals surface area contributed by atoms with Crippen molar-refractivity contribution in [1.29, 1.82) is 0 Å². The number of halogens is 1. The quantitative estimate of drug-likeness (QED) is 0.630. The van der Waals surface area contributed by atoms with Crippen LogP contribution in [0.2, 0.25) is 5.02 Å². The fraction of sp³-hybridized carbons (Fsp3) is 0.200. The minimum Gasteiger partial charge on any atom is -0.493 e. The first-order valence-electron chi connectivity index (χ1n) is 8.66. The van der Waals surface area contributed by atoms with Crippen molar-refractivity contribution in [2.45, 2.75) is 6.42 Å². The van der Waals surface area contributed by atoms with Crippen molar-refractivity contribution in [3.63, 3.8) is 0 Å². The molecule has 2 aromatic carbocycles. The van der Waals surface area contributed by atoms with Gasteiger partial charge in [-0.05, 0) is 48.4 Å². The van der Waals surface area contributed by atoms with Gasteiger partial charge < -0.3 is 20.1 Å². The molecule has 0 fully saturated rings. The van der Waals surface area contributed by atoms with Gasteiger partial charge >= 0.3 is 6.03 Å². The molecule has 8 heteroatoms. The maximum Gasteiger partial charge on any atom is 0.319 e. The van der Waals surface area contributed by atoms with Crippen molar-refractivity contribution >= 4 is 23.3 Å². The summed E-state index contributed by atoms with van der Waals surface area (Å²) in [7, 11) is 3.19. The van der Waals surface area contributed by atoms with E-state index in [1.54, 1.807) is 49.5 Å². The van der Waals surface area contributed by atoms with Crippen LogP contribution in [-0.4, -0.2) is 36.6 Å². The monoisotopic (exact) mass is 400 g/mol. The Morgan fingerprint density at radius 3 is 2.64 bits per heavy atom. The molecule has 28 heavy (non-hydrogen) atoms. The van der Waals surface area contributed by atoms with Crippen LogP contribution in [0.4, 0.5) is 10.5 Å². The Morgan fingerprint density at radius 2 is 1.96 bits per heavy atom. The van der Waals surface area contributed by atoms with Gasteiger partial charge in [-0.3, -0.25) is 0 Å². The summed E-state index contributed by atoms with van der Waals surface area (Å²) in [6.45, 7) is 0.473. The number of amides is 2.